The molecule has 0 radical (unpaired) electrons. The highest BCUT2D eigenvalue weighted by Gasteiger charge is 2.17. The van der Waals surface area contributed by atoms with Gasteiger partial charge in [0.25, 0.3) is 5.91 Å². The van der Waals surface area contributed by atoms with Crippen LogP contribution in [0.2, 0.25) is 0 Å². The zero-order valence-corrected chi connectivity index (χ0v) is 16.5. The monoisotopic (exact) mass is 474 g/mol. The number of benzene rings is 2. The van der Waals surface area contributed by atoms with Crippen LogP contribution in [0.1, 0.15) is 31.1 Å². The van der Waals surface area contributed by atoms with E-state index in [0.717, 1.165) is 12.1 Å². The normalized spacial score (nSPS) is 11.0. The van der Waals surface area contributed by atoms with Gasteiger partial charge in [-0.15, -0.1) is 0 Å². The van der Waals surface area contributed by atoms with Gasteiger partial charge in [0, 0.05) is 9.26 Å². The van der Waals surface area contributed by atoms with E-state index in [1.165, 1.54) is 24.3 Å². The minimum Gasteiger partial charge on any atom is -0.444 e. The Hall–Kier alpha value is -2.23. The number of nitrogens with one attached hydrogen (secondary N) is 2. The molecule has 0 aliphatic carbocycles. The molecule has 0 saturated heterocycles. The zero-order chi connectivity index (χ0) is 19.5. The number of halogens is 3. The van der Waals surface area contributed by atoms with Crippen molar-refractivity contribution in [1.29, 1.82) is 0 Å². The van der Waals surface area contributed by atoms with Gasteiger partial charge in [0.15, 0.2) is 0 Å². The SMILES string of the molecule is CC(C)(C)OC(=O)Nc1ccc(F)c(NC(=O)c2ccc(F)cc2I)c1. The number of ether oxygens (including phenoxy) is 1. The summed E-state index contributed by atoms with van der Waals surface area (Å²) in [7, 11) is 0. The van der Waals surface area contributed by atoms with Crippen LogP contribution >= 0.6 is 22.6 Å². The van der Waals surface area contributed by atoms with Gasteiger partial charge in [-0.3, -0.25) is 10.1 Å². The van der Waals surface area contributed by atoms with Crippen LogP contribution in [0.5, 0.6) is 0 Å². The molecule has 26 heavy (non-hydrogen) atoms. The fourth-order valence-corrected chi connectivity index (χ4v) is 2.71. The van der Waals surface area contributed by atoms with Crippen molar-refractivity contribution in [2.24, 2.45) is 0 Å². The molecule has 138 valence electrons. The van der Waals surface area contributed by atoms with Crippen LogP contribution in [0.4, 0.5) is 25.0 Å². The van der Waals surface area contributed by atoms with E-state index in [4.69, 9.17) is 4.74 Å². The van der Waals surface area contributed by atoms with Crippen molar-refractivity contribution in [2.75, 3.05) is 10.6 Å². The van der Waals surface area contributed by atoms with E-state index in [2.05, 4.69) is 10.6 Å². The molecule has 2 aromatic carbocycles. The maximum absolute atomic E-state index is 14.0. The molecule has 0 aliphatic rings. The first-order valence-electron chi connectivity index (χ1n) is 7.61. The van der Waals surface area contributed by atoms with Gasteiger partial charge in [-0.1, -0.05) is 0 Å². The maximum Gasteiger partial charge on any atom is 0.412 e. The Labute approximate surface area is 163 Å². The molecule has 0 aromatic heterocycles. The third-order valence-electron chi connectivity index (χ3n) is 3.04. The van der Waals surface area contributed by atoms with E-state index in [1.807, 2.05) is 22.6 Å². The molecule has 0 fully saturated rings. The van der Waals surface area contributed by atoms with Crippen LogP contribution in [-0.4, -0.2) is 17.6 Å². The number of hydrogen-bond donors (Lipinski definition) is 2. The molecular weight excluding hydrogens is 457 g/mol. The first-order chi connectivity index (χ1) is 12.0. The summed E-state index contributed by atoms with van der Waals surface area (Å²) in [6.07, 6.45) is -0.700. The quantitative estimate of drug-likeness (QED) is 0.604. The van der Waals surface area contributed by atoms with Crippen molar-refractivity contribution < 1.29 is 23.1 Å². The van der Waals surface area contributed by atoms with Crippen LogP contribution < -0.4 is 10.6 Å². The zero-order valence-electron chi connectivity index (χ0n) is 14.3. The molecule has 8 heteroatoms. The van der Waals surface area contributed by atoms with Crippen molar-refractivity contribution in [3.63, 3.8) is 0 Å². The average Bonchev–Trinajstić information content (AvgIpc) is 2.48. The lowest BCUT2D eigenvalue weighted by atomic mass is 10.2. The standard InChI is InChI=1S/C18H17F2IN2O3/c1-18(2,3)26-17(25)22-11-5-7-13(20)15(9-11)23-16(24)12-6-4-10(19)8-14(12)21/h4-9H,1-3H3,(H,22,25)(H,23,24). The molecule has 2 N–H and O–H groups in total. The second-order valence-electron chi connectivity index (χ2n) is 6.40. The second kappa shape index (κ2) is 7.98. The molecule has 2 rings (SSSR count). The Morgan fingerprint density at radius 2 is 1.73 bits per heavy atom. The van der Waals surface area contributed by atoms with Gasteiger partial charge in [-0.2, -0.15) is 0 Å². The lowest BCUT2D eigenvalue weighted by Crippen LogP contribution is -2.27. The number of rotatable bonds is 3. The lowest BCUT2D eigenvalue weighted by Gasteiger charge is -2.20. The first-order valence-corrected chi connectivity index (χ1v) is 8.69. The average molecular weight is 474 g/mol. The fraction of sp³-hybridized carbons (Fsp3) is 0.222. The number of anilines is 2. The topological polar surface area (TPSA) is 67.4 Å². The summed E-state index contributed by atoms with van der Waals surface area (Å²) in [6, 6.07) is 7.38. The van der Waals surface area contributed by atoms with E-state index < -0.39 is 29.2 Å². The van der Waals surface area contributed by atoms with Crippen molar-refractivity contribution in [1.82, 2.24) is 0 Å². The summed E-state index contributed by atoms with van der Waals surface area (Å²) in [6.45, 7) is 5.15. The minimum absolute atomic E-state index is 0.122. The highest BCUT2D eigenvalue weighted by molar-refractivity contribution is 14.1. The molecule has 0 bridgehead atoms. The second-order valence-corrected chi connectivity index (χ2v) is 7.56. The Bertz CT molecular complexity index is 851. The Morgan fingerprint density at radius 1 is 1.04 bits per heavy atom. The maximum atomic E-state index is 14.0. The molecule has 0 heterocycles. The number of carbonyl (C=O) groups excluding carboxylic acids is 2. The molecule has 0 atom stereocenters. The molecular formula is C18H17F2IN2O3. The Kier molecular flexibility index (Phi) is 6.17. The molecule has 0 spiro atoms. The molecule has 0 saturated carbocycles. The van der Waals surface area contributed by atoms with Crippen LogP contribution in [0.25, 0.3) is 0 Å². The molecule has 2 amide bonds. The van der Waals surface area contributed by atoms with E-state index in [0.29, 0.717) is 3.57 Å². The largest absolute Gasteiger partial charge is 0.444 e. The fourth-order valence-electron chi connectivity index (χ4n) is 1.98. The predicted molar refractivity (Wildman–Crippen MR) is 103 cm³/mol. The minimum atomic E-state index is -0.700. The van der Waals surface area contributed by atoms with Crippen LogP contribution in [0.15, 0.2) is 36.4 Å². The van der Waals surface area contributed by atoms with Gasteiger partial charge in [-0.25, -0.2) is 13.6 Å². The summed E-state index contributed by atoms with van der Waals surface area (Å²) in [5.41, 5.74) is -0.342. The van der Waals surface area contributed by atoms with Gasteiger partial charge in [0.2, 0.25) is 0 Å². The summed E-state index contributed by atoms with van der Waals surface area (Å²) in [5, 5.41) is 4.88. The first kappa shape index (κ1) is 20.1. The summed E-state index contributed by atoms with van der Waals surface area (Å²) in [5.74, 6) is -1.74. The van der Waals surface area contributed by atoms with E-state index >= 15 is 0 Å². The smallest absolute Gasteiger partial charge is 0.412 e. The molecule has 0 unspecified atom stereocenters. The van der Waals surface area contributed by atoms with Gasteiger partial charge in [0.05, 0.1) is 11.3 Å². The molecule has 2 aromatic rings. The van der Waals surface area contributed by atoms with Gasteiger partial charge < -0.3 is 10.1 Å². The van der Waals surface area contributed by atoms with Crippen molar-refractivity contribution in [3.8, 4) is 0 Å². The Balaban J connectivity index is 2.16. The summed E-state index contributed by atoms with van der Waals surface area (Å²) < 4.78 is 32.7. The third-order valence-corrected chi connectivity index (χ3v) is 3.93. The summed E-state index contributed by atoms with van der Waals surface area (Å²) >= 11 is 1.82. The van der Waals surface area contributed by atoms with Gasteiger partial charge >= 0.3 is 6.09 Å². The van der Waals surface area contributed by atoms with Gasteiger partial charge in [0.1, 0.15) is 17.2 Å². The number of amides is 2. The number of hydrogen-bond acceptors (Lipinski definition) is 3. The van der Waals surface area contributed by atoms with Crippen LogP contribution in [-0.2, 0) is 4.74 Å². The highest BCUT2D eigenvalue weighted by Crippen LogP contribution is 2.22. The highest BCUT2D eigenvalue weighted by atomic mass is 127. The summed E-state index contributed by atoms with van der Waals surface area (Å²) in [4.78, 5) is 24.1. The third kappa shape index (κ3) is 5.65. The number of carbonyl (C=O) groups is 2. The van der Waals surface area contributed by atoms with Crippen molar-refractivity contribution >= 4 is 46.0 Å². The van der Waals surface area contributed by atoms with E-state index in [-0.39, 0.29) is 16.9 Å². The van der Waals surface area contributed by atoms with Crippen LogP contribution in [0, 0.1) is 15.2 Å². The van der Waals surface area contributed by atoms with Crippen LogP contribution in [0.3, 0.4) is 0 Å². The Morgan fingerprint density at radius 3 is 2.35 bits per heavy atom. The molecule has 5 nitrogen and oxygen atoms in total. The van der Waals surface area contributed by atoms with Gasteiger partial charge in [-0.05, 0) is 79.8 Å². The van der Waals surface area contributed by atoms with E-state index in [1.54, 1.807) is 20.8 Å². The lowest BCUT2D eigenvalue weighted by molar-refractivity contribution is 0.0635. The van der Waals surface area contributed by atoms with E-state index in [9.17, 15) is 18.4 Å². The van der Waals surface area contributed by atoms with Crippen molar-refractivity contribution in [2.45, 2.75) is 26.4 Å². The molecule has 0 aliphatic heterocycles. The predicted octanol–water partition coefficient (Wildman–Crippen LogP) is 5.17. The van der Waals surface area contributed by atoms with Crippen molar-refractivity contribution in [3.05, 3.63) is 57.2 Å².